The van der Waals surface area contributed by atoms with Crippen LogP contribution < -0.4 is 10.1 Å². The highest BCUT2D eigenvalue weighted by Crippen LogP contribution is 2.26. The van der Waals surface area contributed by atoms with Gasteiger partial charge in [-0.3, -0.25) is 4.79 Å². The third-order valence-corrected chi connectivity index (χ3v) is 4.09. The van der Waals surface area contributed by atoms with E-state index in [9.17, 15) is 18.4 Å². The summed E-state index contributed by atoms with van der Waals surface area (Å²) < 4.78 is 34.4. The van der Waals surface area contributed by atoms with Crippen LogP contribution >= 0.6 is 11.8 Å². The maximum absolute atomic E-state index is 12.3. The van der Waals surface area contributed by atoms with Crippen LogP contribution in [0.5, 0.6) is 5.75 Å². The van der Waals surface area contributed by atoms with Crippen molar-refractivity contribution in [1.29, 1.82) is 0 Å². The van der Waals surface area contributed by atoms with E-state index >= 15 is 0 Å². The molecule has 0 aliphatic heterocycles. The lowest BCUT2D eigenvalue weighted by molar-refractivity contribution is -0.142. The van der Waals surface area contributed by atoms with Crippen LogP contribution in [-0.2, 0) is 9.53 Å². The van der Waals surface area contributed by atoms with Crippen molar-refractivity contribution >= 4 is 29.3 Å². The first-order chi connectivity index (χ1) is 12.4. The van der Waals surface area contributed by atoms with Crippen LogP contribution in [0.15, 0.2) is 47.4 Å². The summed E-state index contributed by atoms with van der Waals surface area (Å²) in [6.07, 6.45) is 0. The Hall–Kier alpha value is -2.61. The number of hydrogen-bond acceptors (Lipinski definition) is 5. The number of esters is 1. The number of methoxy groups -OCH3 is 1. The summed E-state index contributed by atoms with van der Waals surface area (Å²) in [5, 5.41) is 2.75. The van der Waals surface area contributed by atoms with Gasteiger partial charge in [0.1, 0.15) is 5.75 Å². The summed E-state index contributed by atoms with van der Waals surface area (Å²) in [5.41, 5.74) is 1.67. The molecule has 0 heterocycles. The molecular formula is C18H17F2NO4S. The van der Waals surface area contributed by atoms with Crippen LogP contribution in [0, 0.1) is 6.92 Å². The van der Waals surface area contributed by atoms with E-state index < -0.39 is 11.7 Å². The first kappa shape index (κ1) is 19.7. The number of anilines is 1. The SMILES string of the molecule is COC(=O)COc1ccc(NC(=O)c2ccc(SC(F)F)cc2)c(C)c1. The highest BCUT2D eigenvalue weighted by Gasteiger charge is 2.11. The summed E-state index contributed by atoms with van der Waals surface area (Å²) >= 11 is 0.423. The molecule has 2 aromatic carbocycles. The van der Waals surface area contributed by atoms with Crippen LogP contribution in [0.3, 0.4) is 0 Å². The molecule has 0 unspecified atom stereocenters. The van der Waals surface area contributed by atoms with Crippen LogP contribution in [0.25, 0.3) is 0 Å². The van der Waals surface area contributed by atoms with Crippen molar-refractivity contribution in [3.05, 3.63) is 53.6 Å². The lowest BCUT2D eigenvalue weighted by Crippen LogP contribution is -2.14. The predicted octanol–water partition coefficient (Wildman–Crippen LogP) is 4.11. The van der Waals surface area contributed by atoms with Crippen molar-refractivity contribution in [1.82, 2.24) is 0 Å². The number of halogens is 2. The maximum Gasteiger partial charge on any atom is 0.343 e. The lowest BCUT2D eigenvalue weighted by atomic mass is 10.1. The summed E-state index contributed by atoms with van der Waals surface area (Å²) in [4.78, 5) is 23.7. The number of rotatable bonds is 7. The van der Waals surface area contributed by atoms with Gasteiger partial charge in [-0.15, -0.1) is 0 Å². The zero-order valence-corrected chi connectivity index (χ0v) is 14.9. The lowest BCUT2D eigenvalue weighted by Gasteiger charge is -2.11. The van der Waals surface area contributed by atoms with E-state index in [0.717, 1.165) is 5.56 Å². The number of amides is 1. The molecule has 26 heavy (non-hydrogen) atoms. The Labute approximate surface area is 153 Å². The van der Waals surface area contributed by atoms with Crippen LogP contribution in [0.1, 0.15) is 15.9 Å². The number of carbonyl (C=O) groups excluding carboxylic acids is 2. The third kappa shape index (κ3) is 5.73. The average Bonchev–Trinajstić information content (AvgIpc) is 2.61. The van der Waals surface area contributed by atoms with Gasteiger partial charge in [0.05, 0.1) is 7.11 Å². The molecule has 0 aromatic heterocycles. The summed E-state index contributed by atoms with van der Waals surface area (Å²) in [6, 6.07) is 10.9. The molecule has 1 amide bonds. The molecule has 0 saturated carbocycles. The third-order valence-electron chi connectivity index (χ3n) is 3.37. The Kier molecular flexibility index (Phi) is 6.97. The van der Waals surface area contributed by atoms with Gasteiger partial charge in [-0.25, -0.2) is 4.79 Å². The zero-order valence-electron chi connectivity index (χ0n) is 14.1. The molecule has 5 nitrogen and oxygen atoms in total. The molecule has 138 valence electrons. The maximum atomic E-state index is 12.3. The zero-order chi connectivity index (χ0) is 19.1. The van der Waals surface area contributed by atoms with Gasteiger partial charge in [0.25, 0.3) is 11.7 Å². The van der Waals surface area contributed by atoms with Crippen LogP contribution in [0.4, 0.5) is 14.5 Å². The van der Waals surface area contributed by atoms with Crippen molar-refractivity contribution in [3.8, 4) is 5.75 Å². The van der Waals surface area contributed by atoms with Crippen LogP contribution in [0.2, 0.25) is 0 Å². The fraction of sp³-hybridized carbons (Fsp3) is 0.222. The Balaban J connectivity index is 2.01. The molecular weight excluding hydrogens is 364 g/mol. The van der Waals surface area contributed by atoms with Gasteiger partial charge >= 0.3 is 5.97 Å². The quantitative estimate of drug-likeness (QED) is 0.578. The van der Waals surface area contributed by atoms with Gasteiger partial charge < -0.3 is 14.8 Å². The van der Waals surface area contributed by atoms with E-state index in [1.807, 2.05) is 0 Å². The van der Waals surface area contributed by atoms with Gasteiger partial charge in [-0.2, -0.15) is 8.78 Å². The fourth-order valence-corrected chi connectivity index (χ4v) is 2.55. The number of thioether (sulfide) groups is 1. The minimum atomic E-state index is -2.50. The molecule has 0 bridgehead atoms. The molecule has 0 fully saturated rings. The van der Waals surface area contributed by atoms with Crippen LogP contribution in [-0.4, -0.2) is 31.4 Å². The molecule has 0 aliphatic rings. The topological polar surface area (TPSA) is 64.6 Å². The second-order valence-corrected chi connectivity index (χ2v) is 6.26. The van der Waals surface area contributed by atoms with Gasteiger partial charge in [0.15, 0.2) is 6.61 Å². The number of benzene rings is 2. The molecule has 8 heteroatoms. The number of aryl methyl sites for hydroxylation is 1. The van der Waals surface area contributed by atoms with E-state index in [0.29, 0.717) is 33.7 Å². The number of alkyl halides is 2. The minimum Gasteiger partial charge on any atom is -0.482 e. The predicted molar refractivity (Wildman–Crippen MR) is 94.9 cm³/mol. The van der Waals surface area contributed by atoms with Gasteiger partial charge in [-0.1, -0.05) is 11.8 Å². The molecule has 2 aromatic rings. The molecule has 0 atom stereocenters. The standard InChI is InChI=1S/C18H17F2NO4S/c1-11-9-13(25-10-16(22)24-2)5-8-15(11)21-17(23)12-3-6-14(7-4-12)26-18(19)20/h3-9,18H,10H2,1-2H3,(H,21,23). The molecule has 0 aliphatic carbocycles. The highest BCUT2D eigenvalue weighted by molar-refractivity contribution is 7.99. The fourth-order valence-electron chi connectivity index (χ4n) is 2.05. The molecule has 1 N–H and O–H groups in total. The van der Waals surface area contributed by atoms with Gasteiger partial charge in [-0.05, 0) is 55.0 Å². The van der Waals surface area contributed by atoms with E-state index in [1.54, 1.807) is 25.1 Å². The van der Waals surface area contributed by atoms with Crippen molar-refractivity contribution in [3.63, 3.8) is 0 Å². The average molecular weight is 381 g/mol. The summed E-state index contributed by atoms with van der Waals surface area (Å²) in [6.45, 7) is 1.58. The van der Waals surface area contributed by atoms with Gasteiger partial charge in [0, 0.05) is 16.1 Å². The van der Waals surface area contributed by atoms with Crippen molar-refractivity contribution < 1.29 is 27.8 Å². The van der Waals surface area contributed by atoms with E-state index in [2.05, 4.69) is 10.1 Å². The number of ether oxygens (including phenoxy) is 2. The monoisotopic (exact) mass is 381 g/mol. The molecule has 0 spiro atoms. The summed E-state index contributed by atoms with van der Waals surface area (Å²) in [7, 11) is 1.27. The van der Waals surface area contributed by atoms with Gasteiger partial charge in [0.2, 0.25) is 0 Å². The summed E-state index contributed by atoms with van der Waals surface area (Å²) in [5.74, 6) is -2.88. The van der Waals surface area contributed by atoms with E-state index in [1.165, 1.54) is 31.4 Å². The molecule has 0 saturated heterocycles. The molecule has 0 radical (unpaired) electrons. The minimum absolute atomic E-state index is 0.204. The first-order valence-electron chi connectivity index (χ1n) is 7.55. The van der Waals surface area contributed by atoms with Crippen molar-refractivity contribution in [2.24, 2.45) is 0 Å². The highest BCUT2D eigenvalue weighted by atomic mass is 32.2. The number of hydrogen-bond donors (Lipinski definition) is 1. The van der Waals surface area contributed by atoms with Crippen molar-refractivity contribution in [2.75, 3.05) is 19.0 Å². The first-order valence-corrected chi connectivity index (χ1v) is 8.43. The van der Waals surface area contributed by atoms with Crippen molar-refractivity contribution in [2.45, 2.75) is 17.6 Å². The Morgan fingerprint density at radius 2 is 1.85 bits per heavy atom. The Morgan fingerprint density at radius 3 is 2.42 bits per heavy atom. The molecule has 2 rings (SSSR count). The largest absolute Gasteiger partial charge is 0.482 e. The number of carbonyl (C=O) groups is 2. The second kappa shape index (κ2) is 9.19. The smallest absolute Gasteiger partial charge is 0.343 e. The normalized spacial score (nSPS) is 10.5. The Morgan fingerprint density at radius 1 is 1.15 bits per heavy atom. The van der Waals surface area contributed by atoms with E-state index in [4.69, 9.17) is 4.74 Å². The number of nitrogens with one attached hydrogen (secondary N) is 1. The Bertz CT molecular complexity index is 781. The second-order valence-electron chi connectivity index (χ2n) is 5.20. The van der Waals surface area contributed by atoms with E-state index in [-0.39, 0.29) is 12.5 Å².